The highest BCUT2D eigenvalue weighted by atomic mass is 16.3. The Morgan fingerprint density at radius 3 is 2.64 bits per heavy atom. The maximum atomic E-state index is 13.2. The highest BCUT2D eigenvalue weighted by Gasteiger charge is 2.37. The second-order valence-electron chi connectivity index (χ2n) is 7.43. The molecule has 4 rings (SSSR count). The van der Waals surface area contributed by atoms with Crippen molar-refractivity contribution in [1.82, 2.24) is 24.2 Å². The largest absolute Gasteiger partial charge is 0.448 e. The average Bonchev–Trinajstić information content (AvgIpc) is 3.25. The van der Waals surface area contributed by atoms with Crippen molar-refractivity contribution in [1.29, 1.82) is 0 Å². The van der Waals surface area contributed by atoms with E-state index < -0.39 is 6.04 Å². The molecule has 8 heteroatoms. The van der Waals surface area contributed by atoms with Crippen molar-refractivity contribution in [2.45, 2.75) is 39.9 Å². The number of carbonyl (C=O) groups is 1. The molecule has 1 amide bonds. The first kappa shape index (κ1) is 18.2. The van der Waals surface area contributed by atoms with Crippen LogP contribution in [0.3, 0.4) is 0 Å². The zero-order valence-corrected chi connectivity index (χ0v) is 16.2. The van der Waals surface area contributed by atoms with Crippen LogP contribution in [0.2, 0.25) is 0 Å². The summed E-state index contributed by atoms with van der Waals surface area (Å²) in [7, 11) is 0. The molecule has 1 unspecified atom stereocenters. The van der Waals surface area contributed by atoms with Gasteiger partial charge in [0, 0.05) is 26.6 Å². The third kappa shape index (κ3) is 3.15. The van der Waals surface area contributed by atoms with Gasteiger partial charge in [0.05, 0.1) is 0 Å². The minimum atomic E-state index is -0.458. The maximum absolute atomic E-state index is 13.2. The number of oxazole rings is 1. The van der Waals surface area contributed by atoms with Gasteiger partial charge in [0.25, 0.3) is 5.91 Å². The number of hydrogen-bond donors (Lipinski definition) is 0. The van der Waals surface area contributed by atoms with Crippen LogP contribution in [0, 0.1) is 12.8 Å². The summed E-state index contributed by atoms with van der Waals surface area (Å²) in [5.74, 6) is 1.08. The molecule has 0 saturated heterocycles. The van der Waals surface area contributed by atoms with Crippen molar-refractivity contribution in [2.24, 2.45) is 5.92 Å². The average molecular weight is 381 g/mol. The Hall–Kier alpha value is -3.16. The molecule has 0 aliphatic carbocycles. The molecular formula is C20H23N5O3. The number of carbonyl (C=O) groups excluding carboxylic acids is 1. The Bertz CT molecular complexity index is 1050. The van der Waals surface area contributed by atoms with E-state index in [2.05, 4.69) is 10.1 Å². The first-order chi connectivity index (χ1) is 13.5. The van der Waals surface area contributed by atoms with Crippen molar-refractivity contribution in [2.75, 3.05) is 6.54 Å². The number of aromatic nitrogens is 4. The Morgan fingerprint density at radius 1 is 1.25 bits per heavy atom. The molecule has 0 spiro atoms. The highest BCUT2D eigenvalue weighted by molar-refractivity contribution is 5.92. The fourth-order valence-electron chi connectivity index (χ4n) is 3.60. The lowest BCUT2D eigenvalue weighted by Gasteiger charge is -2.34. The van der Waals surface area contributed by atoms with Gasteiger partial charge in [-0.2, -0.15) is 5.10 Å². The summed E-state index contributed by atoms with van der Waals surface area (Å²) >= 11 is 0. The molecule has 28 heavy (non-hydrogen) atoms. The predicted octanol–water partition coefficient (Wildman–Crippen LogP) is 2.24. The number of aryl methyl sites for hydroxylation is 1. The fourth-order valence-corrected chi connectivity index (χ4v) is 3.60. The molecule has 1 aliphatic rings. The molecule has 1 aliphatic heterocycles. The van der Waals surface area contributed by atoms with Gasteiger partial charge in [-0.3, -0.25) is 9.36 Å². The number of nitrogens with zero attached hydrogens (tertiary/aromatic N) is 5. The van der Waals surface area contributed by atoms with Gasteiger partial charge in [0.1, 0.15) is 12.3 Å². The van der Waals surface area contributed by atoms with E-state index in [9.17, 15) is 9.59 Å². The number of rotatable bonds is 4. The Kier molecular flexibility index (Phi) is 4.62. The van der Waals surface area contributed by atoms with Gasteiger partial charge in [-0.15, -0.1) is 0 Å². The molecule has 0 N–H and O–H groups in total. The van der Waals surface area contributed by atoms with Crippen LogP contribution >= 0.6 is 0 Å². The topological polar surface area (TPSA) is 86.2 Å². The fraction of sp³-hybridized carbons (Fsp3) is 0.400. The SMILES string of the molecule is Cc1nc(C(=O)N2CCn3c(nn(CC(C)C)c3=O)C2c2ccccc2)co1. The van der Waals surface area contributed by atoms with E-state index in [1.165, 1.54) is 10.9 Å². The van der Waals surface area contributed by atoms with Crippen molar-refractivity contribution >= 4 is 5.91 Å². The quantitative estimate of drug-likeness (QED) is 0.692. The zero-order valence-electron chi connectivity index (χ0n) is 16.2. The van der Waals surface area contributed by atoms with Crippen LogP contribution in [0.4, 0.5) is 0 Å². The Balaban J connectivity index is 1.81. The van der Waals surface area contributed by atoms with Crippen LogP contribution in [-0.4, -0.2) is 36.7 Å². The number of benzene rings is 1. The van der Waals surface area contributed by atoms with Crippen LogP contribution < -0.4 is 5.69 Å². The van der Waals surface area contributed by atoms with Crippen LogP contribution in [0.15, 0.2) is 45.8 Å². The van der Waals surface area contributed by atoms with Gasteiger partial charge in [0.15, 0.2) is 17.4 Å². The molecule has 2 aromatic heterocycles. The minimum absolute atomic E-state index is 0.131. The first-order valence-corrected chi connectivity index (χ1v) is 9.41. The van der Waals surface area contributed by atoms with Crippen molar-refractivity contribution in [3.8, 4) is 0 Å². The monoisotopic (exact) mass is 381 g/mol. The molecule has 3 heterocycles. The molecule has 0 radical (unpaired) electrons. The molecule has 1 aromatic carbocycles. The van der Waals surface area contributed by atoms with Crippen LogP contribution in [0.5, 0.6) is 0 Å². The van der Waals surface area contributed by atoms with E-state index >= 15 is 0 Å². The summed E-state index contributed by atoms with van der Waals surface area (Å²) in [6.45, 7) is 7.12. The molecule has 0 saturated carbocycles. The smallest absolute Gasteiger partial charge is 0.346 e. The lowest BCUT2D eigenvalue weighted by molar-refractivity contribution is 0.0651. The predicted molar refractivity (Wildman–Crippen MR) is 102 cm³/mol. The summed E-state index contributed by atoms with van der Waals surface area (Å²) < 4.78 is 8.40. The number of fused-ring (bicyclic) bond motifs is 1. The van der Waals surface area contributed by atoms with Gasteiger partial charge in [-0.05, 0) is 11.5 Å². The molecule has 0 bridgehead atoms. The van der Waals surface area contributed by atoms with Gasteiger partial charge in [-0.1, -0.05) is 44.2 Å². The molecular weight excluding hydrogens is 358 g/mol. The van der Waals surface area contributed by atoms with Gasteiger partial charge >= 0.3 is 5.69 Å². The van der Waals surface area contributed by atoms with Crippen LogP contribution in [0.25, 0.3) is 0 Å². The molecule has 3 aromatic rings. The van der Waals surface area contributed by atoms with Gasteiger partial charge in [-0.25, -0.2) is 14.5 Å². The lowest BCUT2D eigenvalue weighted by Crippen LogP contribution is -2.45. The zero-order chi connectivity index (χ0) is 19.8. The Morgan fingerprint density at radius 2 is 2.00 bits per heavy atom. The standard InChI is InChI=1S/C20H23N5O3/c1-13(2)11-25-20(27)24-10-9-23(19(26)16-12-28-14(3)21-16)17(18(24)22-25)15-7-5-4-6-8-15/h4-8,12-13,17H,9-11H2,1-3H3. The lowest BCUT2D eigenvalue weighted by atomic mass is 10.0. The summed E-state index contributed by atoms with van der Waals surface area (Å²) in [6.07, 6.45) is 1.37. The van der Waals surface area contributed by atoms with E-state index in [1.807, 2.05) is 44.2 Å². The maximum Gasteiger partial charge on any atom is 0.346 e. The van der Waals surface area contributed by atoms with Crippen LogP contribution in [0.1, 0.15) is 47.7 Å². The molecule has 146 valence electrons. The van der Waals surface area contributed by atoms with Crippen molar-refractivity contribution < 1.29 is 9.21 Å². The van der Waals surface area contributed by atoms with E-state index in [0.717, 1.165) is 5.56 Å². The minimum Gasteiger partial charge on any atom is -0.448 e. The first-order valence-electron chi connectivity index (χ1n) is 9.41. The summed E-state index contributed by atoms with van der Waals surface area (Å²) in [5.41, 5.74) is 1.03. The summed E-state index contributed by atoms with van der Waals surface area (Å²) in [6, 6.07) is 9.19. The second-order valence-corrected chi connectivity index (χ2v) is 7.43. The van der Waals surface area contributed by atoms with Gasteiger partial charge in [0.2, 0.25) is 0 Å². The Labute approximate surface area is 162 Å². The molecule has 0 fully saturated rings. The normalized spacial score (nSPS) is 16.4. The van der Waals surface area contributed by atoms with E-state index in [1.54, 1.807) is 16.4 Å². The van der Waals surface area contributed by atoms with E-state index in [0.29, 0.717) is 37.3 Å². The van der Waals surface area contributed by atoms with Crippen LogP contribution in [-0.2, 0) is 13.1 Å². The molecule has 1 atom stereocenters. The summed E-state index contributed by atoms with van der Waals surface area (Å²) in [5, 5.41) is 4.61. The van der Waals surface area contributed by atoms with E-state index in [4.69, 9.17) is 4.42 Å². The molecule has 8 nitrogen and oxygen atoms in total. The van der Waals surface area contributed by atoms with Gasteiger partial charge < -0.3 is 9.32 Å². The highest BCUT2D eigenvalue weighted by Crippen LogP contribution is 2.31. The number of hydrogen-bond acceptors (Lipinski definition) is 5. The third-order valence-corrected chi connectivity index (χ3v) is 4.82. The second kappa shape index (κ2) is 7.10. The van der Waals surface area contributed by atoms with E-state index in [-0.39, 0.29) is 17.3 Å². The third-order valence-electron chi connectivity index (χ3n) is 4.82. The van der Waals surface area contributed by atoms with Crippen molar-refractivity contribution in [3.05, 3.63) is 70.1 Å². The number of amides is 1. The summed E-state index contributed by atoms with van der Waals surface area (Å²) in [4.78, 5) is 31.9. The van der Waals surface area contributed by atoms with Crippen molar-refractivity contribution in [3.63, 3.8) is 0 Å².